The van der Waals surface area contributed by atoms with Gasteiger partial charge in [-0.05, 0) is 48.0 Å². The van der Waals surface area contributed by atoms with Gasteiger partial charge in [0.2, 0.25) is 12.0 Å². The summed E-state index contributed by atoms with van der Waals surface area (Å²) in [4.78, 5) is 25.1. The second kappa shape index (κ2) is 12.0. The van der Waals surface area contributed by atoms with Gasteiger partial charge in [-0.3, -0.25) is 4.79 Å². The summed E-state index contributed by atoms with van der Waals surface area (Å²) in [5.74, 6) is -2.71. The molecule has 0 radical (unpaired) electrons. The first-order valence-electron chi connectivity index (χ1n) is 12.8. The molecule has 7 N–H and O–H groups in total. The van der Waals surface area contributed by atoms with Crippen LogP contribution in [-0.4, -0.2) is 79.0 Å². The molecule has 1 fully saturated rings. The number of esters is 1. The van der Waals surface area contributed by atoms with E-state index in [1.807, 2.05) is 0 Å². The third kappa shape index (κ3) is 6.24. The standard InChI is InChI=1S/C30H26O13/c31-16-6-1-14(2-7-16)3-10-23(36)40-13-22-25(37)26(38)27(39)30(42-22)43-28-20(35)11-18(33)24-19(34)12-21(41-29(24)28)15-4-8-17(32)9-5-15/h1-12,22,25-27,30-33,35,37-39H,13H2. The van der Waals surface area contributed by atoms with Gasteiger partial charge in [0, 0.05) is 23.8 Å². The van der Waals surface area contributed by atoms with Crippen molar-refractivity contribution in [1.29, 1.82) is 0 Å². The molecule has 5 atom stereocenters. The van der Waals surface area contributed by atoms with Gasteiger partial charge < -0.3 is 54.4 Å². The van der Waals surface area contributed by atoms with Gasteiger partial charge in [-0.1, -0.05) is 12.1 Å². The van der Waals surface area contributed by atoms with Crippen molar-refractivity contribution in [3.8, 4) is 40.1 Å². The van der Waals surface area contributed by atoms with E-state index in [0.717, 1.165) is 18.2 Å². The van der Waals surface area contributed by atoms with Crippen LogP contribution in [0.3, 0.4) is 0 Å². The summed E-state index contributed by atoms with van der Waals surface area (Å²) in [5.41, 5.74) is -0.180. The Balaban J connectivity index is 1.39. The summed E-state index contributed by atoms with van der Waals surface area (Å²) in [6, 6.07) is 13.5. The zero-order valence-electron chi connectivity index (χ0n) is 22.1. The van der Waals surface area contributed by atoms with Gasteiger partial charge in [0.15, 0.2) is 16.8 Å². The molecule has 0 amide bonds. The number of aliphatic hydroxyl groups excluding tert-OH is 3. The lowest BCUT2D eigenvalue weighted by molar-refractivity contribution is -0.278. The van der Waals surface area contributed by atoms with Crippen LogP contribution in [0.2, 0.25) is 0 Å². The number of hydrogen-bond acceptors (Lipinski definition) is 13. The summed E-state index contributed by atoms with van der Waals surface area (Å²) in [7, 11) is 0. The van der Waals surface area contributed by atoms with Gasteiger partial charge in [0.1, 0.15) is 59.4 Å². The van der Waals surface area contributed by atoms with Crippen LogP contribution in [0.25, 0.3) is 28.4 Å². The zero-order valence-corrected chi connectivity index (χ0v) is 22.1. The van der Waals surface area contributed by atoms with Gasteiger partial charge in [0.25, 0.3) is 0 Å². The fourth-order valence-electron chi connectivity index (χ4n) is 4.39. The number of phenols is 4. The summed E-state index contributed by atoms with van der Waals surface area (Å²) in [5, 5.41) is 71.0. The van der Waals surface area contributed by atoms with E-state index < -0.39 is 71.5 Å². The lowest BCUT2D eigenvalue weighted by atomic mass is 9.99. The molecule has 0 bridgehead atoms. The number of rotatable bonds is 7. The van der Waals surface area contributed by atoms with E-state index in [1.165, 1.54) is 42.5 Å². The first kappa shape index (κ1) is 29.4. The van der Waals surface area contributed by atoms with Crippen molar-refractivity contribution in [3.63, 3.8) is 0 Å². The van der Waals surface area contributed by atoms with Crippen molar-refractivity contribution in [3.05, 3.63) is 82.5 Å². The number of benzene rings is 3. The Morgan fingerprint density at radius 2 is 1.49 bits per heavy atom. The fourth-order valence-corrected chi connectivity index (χ4v) is 4.39. The highest BCUT2D eigenvalue weighted by molar-refractivity contribution is 5.91. The highest BCUT2D eigenvalue weighted by Crippen LogP contribution is 2.42. The summed E-state index contributed by atoms with van der Waals surface area (Å²) in [6.45, 7) is -0.577. The molecule has 1 aliphatic rings. The molecule has 4 aromatic rings. The first-order chi connectivity index (χ1) is 20.5. The molecular formula is C30H26O13. The van der Waals surface area contributed by atoms with E-state index in [9.17, 15) is 45.3 Å². The number of carbonyl (C=O) groups excluding carboxylic acids is 1. The lowest BCUT2D eigenvalue weighted by Crippen LogP contribution is -2.60. The maximum absolute atomic E-state index is 12.9. The smallest absolute Gasteiger partial charge is 0.330 e. The Bertz CT molecular complexity index is 1710. The highest BCUT2D eigenvalue weighted by atomic mass is 16.7. The van der Waals surface area contributed by atoms with Gasteiger partial charge >= 0.3 is 5.97 Å². The van der Waals surface area contributed by atoms with Crippen LogP contribution in [0.1, 0.15) is 5.56 Å². The normalized spacial score (nSPS) is 22.1. The van der Waals surface area contributed by atoms with Crippen LogP contribution in [0.4, 0.5) is 0 Å². The molecule has 13 nitrogen and oxygen atoms in total. The van der Waals surface area contributed by atoms with Crippen LogP contribution < -0.4 is 10.2 Å². The van der Waals surface area contributed by atoms with Gasteiger partial charge in [-0.25, -0.2) is 4.79 Å². The van der Waals surface area contributed by atoms with Gasteiger partial charge in [-0.15, -0.1) is 0 Å². The predicted molar refractivity (Wildman–Crippen MR) is 148 cm³/mol. The molecule has 5 unspecified atom stereocenters. The molecule has 0 spiro atoms. The molecule has 13 heteroatoms. The molecule has 2 heterocycles. The number of carbonyl (C=O) groups is 1. The summed E-state index contributed by atoms with van der Waals surface area (Å²) in [6.07, 6.45) is -6.12. The maximum atomic E-state index is 12.9. The van der Waals surface area contributed by atoms with Crippen molar-refractivity contribution in [1.82, 2.24) is 0 Å². The summed E-state index contributed by atoms with van der Waals surface area (Å²) < 4.78 is 22.1. The number of aromatic hydroxyl groups is 4. The molecular weight excluding hydrogens is 568 g/mol. The lowest BCUT2D eigenvalue weighted by Gasteiger charge is -2.39. The average molecular weight is 595 g/mol. The van der Waals surface area contributed by atoms with Crippen molar-refractivity contribution in [2.24, 2.45) is 0 Å². The van der Waals surface area contributed by atoms with Crippen LogP contribution in [-0.2, 0) is 14.3 Å². The van der Waals surface area contributed by atoms with Crippen LogP contribution >= 0.6 is 0 Å². The van der Waals surface area contributed by atoms with Crippen LogP contribution in [0.5, 0.6) is 28.7 Å². The Morgan fingerprint density at radius 1 is 0.837 bits per heavy atom. The third-order valence-corrected chi connectivity index (χ3v) is 6.67. The average Bonchev–Trinajstić information content (AvgIpc) is 2.98. The van der Waals surface area contributed by atoms with Crippen molar-refractivity contribution >= 4 is 23.0 Å². The van der Waals surface area contributed by atoms with E-state index >= 15 is 0 Å². The molecule has 1 aliphatic heterocycles. The third-order valence-electron chi connectivity index (χ3n) is 6.67. The van der Waals surface area contributed by atoms with Gasteiger partial charge in [-0.2, -0.15) is 0 Å². The van der Waals surface area contributed by atoms with E-state index in [2.05, 4.69) is 0 Å². The molecule has 0 saturated carbocycles. The number of aliphatic hydroxyl groups is 3. The predicted octanol–water partition coefficient (Wildman–Crippen LogP) is 1.73. The van der Waals surface area contributed by atoms with E-state index in [1.54, 1.807) is 12.1 Å². The first-order valence-corrected chi connectivity index (χ1v) is 12.8. The largest absolute Gasteiger partial charge is 0.508 e. The number of hydrogen-bond donors (Lipinski definition) is 7. The highest BCUT2D eigenvalue weighted by Gasteiger charge is 2.46. The zero-order chi connectivity index (χ0) is 30.8. The van der Waals surface area contributed by atoms with Crippen LogP contribution in [0, 0.1) is 0 Å². The van der Waals surface area contributed by atoms with E-state index in [0.29, 0.717) is 11.1 Å². The molecule has 224 valence electrons. The minimum atomic E-state index is -1.88. The quantitative estimate of drug-likeness (QED) is 0.120. The number of phenolic OH excluding ortho intramolecular Hbond substituents is 4. The molecule has 3 aromatic carbocycles. The van der Waals surface area contributed by atoms with Gasteiger partial charge in [0.05, 0.1) is 0 Å². The minimum absolute atomic E-state index is 0.0157. The van der Waals surface area contributed by atoms with Crippen molar-refractivity contribution < 1.29 is 59.2 Å². The second-order valence-electron chi connectivity index (χ2n) is 9.66. The Labute approximate surface area is 242 Å². The Hall–Kier alpha value is -5.08. The van der Waals surface area contributed by atoms with Crippen molar-refractivity contribution in [2.45, 2.75) is 30.7 Å². The summed E-state index contributed by atoms with van der Waals surface area (Å²) >= 11 is 0. The molecule has 5 rings (SSSR count). The second-order valence-corrected chi connectivity index (χ2v) is 9.66. The minimum Gasteiger partial charge on any atom is -0.508 e. The number of fused-ring (bicyclic) bond motifs is 1. The van der Waals surface area contributed by atoms with Crippen molar-refractivity contribution in [2.75, 3.05) is 6.61 Å². The Morgan fingerprint density at radius 3 is 2.16 bits per heavy atom. The Kier molecular flexibility index (Phi) is 8.23. The monoisotopic (exact) mass is 594 g/mol. The number of ether oxygens (including phenoxy) is 3. The SMILES string of the molecule is O=C(C=Cc1ccc(O)cc1)OCC1OC(Oc2c(O)cc(O)c3c(=O)cc(-c4ccc(O)cc4)oc23)C(O)C(O)C1O. The fraction of sp³-hybridized carbons (Fsp3) is 0.200. The molecule has 0 aliphatic carbocycles. The molecule has 1 aromatic heterocycles. The molecule has 1 saturated heterocycles. The maximum Gasteiger partial charge on any atom is 0.330 e. The molecule has 43 heavy (non-hydrogen) atoms. The van der Waals surface area contributed by atoms with E-state index in [4.69, 9.17) is 18.6 Å². The van der Waals surface area contributed by atoms with Crippen LogP contribution in [0.15, 0.2) is 76.0 Å². The topological polar surface area (TPSA) is 217 Å². The van der Waals surface area contributed by atoms with E-state index in [-0.39, 0.29) is 22.6 Å².